The number of hydrogen-bond donors (Lipinski definition) is 1. The van der Waals surface area contributed by atoms with Crippen molar-refractivity contribution in [1.29, 1.82) is 0 Å². The molecule has 0 unspecified atom stereocenters. The number of amides is 1. The van der Waals surface area contributed by atoms with Crippen LogP contribution in [-0.4, -0.2) is 51.0 Å². The first-order valence-electron chi connectivity index (χ1n) is 8.62. The standard InChI is InChI=1S/C17H23FN2O4S/c18-14-3-5-16(6-4-14)25(22,23)20-9-7-13(8-10-20)17(21)19-12-15-2-1-11-24-15/h3-6,13,15H,1-2,7-12H2,(H,19,21)/t15-/m1/s1. The molecule has 1 atom stereocenters. The highest BCUT2D eigenvalue weighted by atomic mass is 32.2. The fourth-order valence-corrected chi connectivity index (χ4v) is 4.75. The van der Waals surface area contributed by atoms with Gasteiger partial charge in [0.2, 0.25) is 15.9 Å². The molecular weight excluding hydrogens is 347 g/mol. The molecule has 0 aliphatic carbocycles. The number of nitrogens with zero attached hydrogens (tertiary/aromatic N) is 1. The normalized spacial score (nSPS) is 22.8. The number of carbonyl (C=O) groups is 1. The van der Waals surface area contributed by atoms with E-state index in [1.54, 1.807) is 0 Å². The van der Waals surface area contributed by atoms with Crippen molar-refractivity contribution in [2.24, 2.45) is 5.92 Å². The lowest BCUT2D eigenvalue weighted by Gasteiger charge is -2.30. The van der Waals surface area contributed by atoms with E-state index in [2.05, 4.69) is 5.32 Å². The number of hydrogen-bond acceptors (Lipinski definition) is 4. The van der Waals surface area contributed by atoms with E-state index in [0.29, 0.717) is 19.4 Å². The van der Waals surface area contributed by atoms with E-state index in [1.165, 1.54) is 16.4 Å². The smallest absolute Gasteiger partial charge is 0.243 e. The molecule has 2 aliphatic rings. The van der Waals surface area contributed by atoms with Crippen molar-refractivity contribution in [3.63, 3.8) is 0 Å². The maximum atomic E-state index is 13.0. The monoisotopic (exact) mass is 370 g/mol. The fraction of sp³-hybridized carbons (Fsp3) is 0.588. The molecule has 0 spiro atoms. The molecule has 25 heavy (non-hydrogen) atoms. The summed E-state index contributed by atoms with van der Waals surface area (Å²) in [5.41, 5.74) is 0. The van der Waals surface area contributed by atoms with E-state index in [9.17, 15) is 17.6 Å². The Morgan fingerprint density at radius 1 is 1.20 bits per heavy atom. The van der Waals surface area contributed by atoms with Crippen LogP contribution >= 0.6 is 0 Å². The fourth-order valence-electron chi connectivity index (χ4n) is 3.28. The van der Waals surface area contributed by atoms with Crippen molar-refractivity contribution >= 4 is 15.9 Å². The maximum absolute atomic E-state index is 13.0. The molecule has 1 aromatic carbocycles. The molecule has 0 radical (unpaired) electrons. The number of halogens is 1. The highest BCUT2D eigenvalue weighted by molar-refractivity contribution is 7.89. The van der Waals surface area contributed by atoms with Gasteiger partial charge < -0.3 is 10.1 Å². The molecule has 138 valence electrons. The zero-order chi connectivity index (χ0) is 17.9. The Balaban J connectivity index is 1.52. The number of sulfonamides is 1. The van der Waals surface area contributed by atoms with Gasteiger partial charge in [-0.25, -0.2) is 12.8 Å². The molecule has 1 amide bonds. The zero-order valence-corrected chi connectivity index (χ0v) is 14.8. The highest BCUT2D eigenvalue weighted by Gasteiger charge is 2.32. The van der Waals surface area contributed by atoms with Crippen LogP contribution in [0.15, 0.2) is 29.2 Å². The number of benzene rings is 1. The third kappa shape index (κ3) is 4.37. The van der Waals surface area contributed by atoms with Gasteiger partial charge in [-0.3, -0.25) is 4.79 Å². The summed E-state index contributed by atoms with van der Waals surface area (Å²) in [4.78, 5) is 12.3. The third-order valence-electron chi connectivity index (χ3n) is 4.80. The predicted octanol–water partition coefficient (Wildman–Crippen LogP) is 1.52. The van der Waals surface area contributed by atoms with Crippen LogP contribution in [0.5, 0.6) is 0 Å². The van der Waals surface area contributed by atoms with E-state index in [0.717, 1.165) is 31.6 Å². The molecule has 2 saturated heterocycles. The molecule has 0 aromatic heterocycles. The molecule has 6 nitrogen and oxygen atoms in total. The van der Waals surface area contributed by atoms with E-state index in [4.69, 9.17) is 4.74 Å². The summed E-state index contributed by atoms with van der Waals surface area (Å²) in [6.07, 6.45) is 3.06. The van der Waals surface area contributed by atoms with Crippen LogP contribution in [0.4, 0.5) is 4.39 Å². The molecule has 2 heterocycles. The van der Waals surface area contributed by atoms with Gasteiger partial charge in [0, 0.05) is 32.2 Å². The van der Waals surface area contributed by atoms with Gasteiger partial charge >= 0.3 is 0 Å². The summed E-state index contributed by atoms with van der Waals surface area (Å²) < 4.78 is 44.9. The maximum Gasteiger partial charge on any atom is 0.243 e. The summed E-state index contributed by atoms with van der Waals surface area (Å²) in [7, 11) is -3.64. The van der Waals surface area contributed by atoms with Gasteiger partial charge in [-0.2, -0.15) is 4.31 Å². The molecule has 8 heteroatoms. The Bertz CT molecular complexity index is 694. The van der Waals surface area contributed by atoms with Gasteiger partial charge in [0.05, 0.1) is 11.0 Å². The number of ether oxygens (including phenoxy) is 1. The second kappa shape index (κ2) is 7.80. The van der Waals surface area contributed by atoms with Crippen LogP contribution < -0.4 is 5.32 Å². The first-order chi connectivity index (χ1) is 12.0. The Hall–Kier alpha value is -1.51. The van der Waals surface area contributed by atoms with Crippen LogP contribution in [0.1, 0.15) is 25.7 Å². The second-order valence-electron chi connectivity index (χ2n) is 6.51. The molecule has 0 bridgehead atoms. The van der Waals surface area contributed by atoms with Crippen LogP contribution in [0.25, 0.3) is 0 Å². The average Bonchev–Trinajstić information content (AvgIpc) is 3.14. The molecule has 2 aliphatic heterocycles. The third-order valence-corrected chi connectivity index (χ3v) is 6.72. The SMILES string of the molecule is O=C(NC[C@H]1CCCO1)C1CCN(S(=O)(=O)c2ccc(F)cc2)CC1. The average molecular weight is 370 g/mol. The van der Waals surface area contributed by atoms with Crippen molar-refractivity contribution in [2.45, 2.75) is 36.7 Å². The topological polar surface area (TPSA) is 75.7 Å². The highest BCUT2D eigenvalue weighted by Crippen LogP contribution is 2.24. The van der Waals surface area contributed by atoms with Gasteiger partial charge in [-0.05, 0) is 49.9 Å². The van der Waals surface area contributed by atoms with Gasteiger partial charge in [0.25, 0.3) is 0 Å². The lowest BCUT2D eigenvalue weighted by Crippen LogP contribution is -2.44. The summed E-state index contributed by atoms with van der Waals surface area (Å²) in [6, 6.07) is 4.81. The van der Waals surface area contributed by atoms with Crippen molar-refractivity contribution in [2.75, 3.05) is 26.2 Å². The van der Waals surface area contributed by atoms with Crippen LogP contribution in [0.2, 0.25) is 0 Å². The Labute approximate surface area is 147 Å². The Morgan fingerprint density at radius 3 is 2.48 bits per heavy atom. The molecule has 2 fully saturated rings. The lowest BCUT2D eigenvalue weighted by atomic mass is 9.97. The van der Waals surface area contributed by atoms with Gasteiger partial charge in [-0.1, -0.05) is 0 Å². The predicted molar refractivity (Wildman–Crippen MR) is 89.9 cm³/mol. The van der Waals surface area contributed by atoms with Crippen molar-refractivity contribution < 1.29 is 22.3 Å². The Morgan fingerprint density at radius 2 is 1.88 bits per heavy atom. The minimum atomic E-state index is -3.64. The molecule has 1 aromatic rings. The summed E-state index contributed by atoms with van der Waals surface area (Å²) in [6.45, 7) is 1.85. The molecule has 0 saturated carbocycles. The molecule has 1 N–H and O–H groups in total. The first-order valence-corrected chi connectivity index (χ1v) is 10.1. The van der Waals surface area contributed by atoms with E-state index < -0.39 is 15.8 Å². The van der Waals surface area contributed by atoms with Crippen LogP contribution in [0, 0.1) is 11.7 Å². The minimum absolute atomic E-state index is 0.0330. The molecular formula is C17H23FN2O4S. The second-order valence-corrected chi connectivity index (χ2v) is 8.45. The van der Waals surface area contributed by atoms with Crippen molar-refractivity contribution in [3.8, 4) is 0 Å². The lowest BCUT2D eigenvalue weighted by molar-refractivity contribution is -0.126. The minimum Gasteiger partial charge on any atom is -0.376 e. The number of nitrogens with one attached hydrogen (secondary N) is 1. The van der Waals surface area contributed by atoms with E-state index in [1.807, 2.05) is 0 Å². The van der Waals surface area contributed by atoms with Gasteiger partial charge in [-0.15, -0.1) is 0 Å². The molecule has 3 rings (SSSR count). The van der Waals surface area contributed by atoms with Crippen molar-refractivity contribution in [1.82, 2.24) is 9.62 Å². The van der Waals surface area contributed by atoms with Gasteiger partial charge in [0.1, 0.15) is 5.82 Å². The van der Waals surface area contributed by atoms with E-state index in [-0.39, 0.29) is 35.9 Å². The van der Waals surface area contributed by atoms with Crippen LogP contribution in [-0.2, 0) is 19.6 Å². The quantitative estimate of drug-likeness (QED) is 0.853. The number of piperidine rings is 1. The summed E-state index contributed by atoms with van der Waals surface area (Å²) in [5.74, 6) is -0.684. The summed E-state index contributed by atoms with van der Waals surface area (Å²) >= 11 is 0. The first kappa shape index (κ1) is 18.3. The largest absolute Gasteiger partial charge is 0.376 e. The number of carbonyl (C=O) groups excluding carboxylic acids is 1. The Kier molecular flexibility index (Phi) is 5.71. The van der Waals surface area contributed by atoms with Crippen LogP contribution in [0.3, 0.4) is 0 Å². The number of rotatable bonds is 5. The van der Waals surface area contributed by atoms with E-state index >= 15 is 0 Å². The van der Waals surface area contributed by atoms with Crippen molar-refractivity contribution in [3.05, 3.63) is 30.1 Å². The van der Waals surface area contributed by atoms with Gasteiger partial charge in [0.15, 0.2) is 0 Å². The zero-order valence-electron chi connectivity index (χ0n) is 14.0. The summed E-state index contributed by atoms with van der Waals surface area (Å²) in [5, 5.41) is 2.91.